The maximum Gasteiger partial charge on any atom is 0.179 e. The van der Waals surface area contributed by atoms with Gasteiger partial charge in [0, 0.05) is 57.4 Å². The summed E-state index contributed by atoms with van der Waals surface area (Å²) in [5, 5.41) is 10.8. The van der Waals surface area contributed by atoms with Crippen LogP contribution in [-0.2, 0) is 0 Å². The van der Waals surface area contributed by atoms with Crippen molar-refractivity contribution < 1.29 is 0 Å². The van der Waals surface area contributed by atoms with Crippen molar-refractivity contribution >= 4 is 121 Å². The first kappa shape index (κ1) is 39.9. The second kappa shape index (κ2) is 17.1. The number of hydrogen-bond donors (Lipinski definition) is 0. The van der Waals surface area contributed by atoms with Crippen molar-refractivity contribution in [1.29, 1.82) is 0 Å². The predicted octanol–water partition coefficient (Wildman–Crippen LogP) is 15.1. The summed E-state index contributed by atoms with van der Waals surface area (Å²) in [6, 6.07) is 91.7. The minimum absolute atomic E-state index is 1.15. The van der Waals surface area contributed by atoms with Crippen molar-refractivity contribution in [2.45, 2.75) is 0 Å². The van der Waals surface area contributed by atoms with E-state index in [1.165, 1.54) is 83.3 Å². The van der Waals surface area contributed by atoms with Crippen LogP contribution in [0, 0.1) is 0 Å². The molecule has 12 aromatic rings. The van der Waals surface area contributed by atoms with Crippen LogP contribution in [-0.4, -0.2) is 8.07 Å². The molecule has 0 N–H and O–H groups in total. The first-order valence-corrected chi connectivity index (χ1v) is 26.1. The first-order chi connectivity index (χ1) is 32.7. The highest BCUT2D eigenvalue weighted by molar-refractivity contribution is 7.26. The summed E-state index contributed by atoms with van der Waals surface area (Å²) in [5.41, 5.74) is 8.33. The van der Waals surface area contributed by atoms with Gasteiger partial charge in [0.15, 0.2) is 8.07 Å². The van der Waals surface area contributed by atoms with Crippen molar-refractivity contribution in [3.8, 4) is 11.1 Å². The fourth-order valence-electron chi connectivity index (χ4n) is 9.87. The second-order valence-electron chi connectivity index (χ2n) is 16.9. The number of thiophene rings is 2. The Morgan fingerprint density at radius 2 is 0.652 bits per heavy atom. The third-order valence-electron chi connectivity index (χ3n) is 13.0. The Morgan fingerprint density at radius 1 is 0.288 bits per heavy atom. The summed E-state index contributed by atoms with van der Waals surface area (Å²) >= 11 is 3.75. The fourth-order valence-corrected chi connectivity index (χ4v) is 17.0. The Balaban J connectivity index is 0.830. The van der Waals surface area contributed by atoms with Gasteiger partial charge in [0.25, 0.3) is 0 Å². The van der Waals surface area contributed by atoms with Gasteiger partial charge in [0.2, 0.25) is 0 Å². The number of benzene rings is 10. The van der Waals surface area contributed by atoms with Crippen molar-refractivity contribution in [2.24, 2.45) is 0 Å². The summed E-state index contributed by atoms with van der Waals surface area (Å²) < 4.78 is 5.20. The summed E-state index contributed by atoms with van der Waals surface area (Å²) in [6.45, 7) is 0. The maximum absolute atomic E-state index is 2.57. The number of fused-ring (bicyclic) bond motifs is 6. The molecule has 10 aromatic carbocycles. The molecule has 0 saturated heterocycles. The van der Waals surface area contributed by atoms with Crippen LogP contribution in [0.25, 0.3) is 63.6 Å². The highest BCUT2D eigenvalue weighted by atomic mass is 32.1. The van der Waals surface area contributed by atoms with Crippen LogP contribution in [0.5, 0.6) is 0 Å². The van der Waals surface area contributed by atoms with Gasteiger partial charge in [-0.25, -0.2) is 0 Å². The lowest BCUT2D eigenvalue weighted by atomic mass is 10.0. The third-order valence-corrected chi connectivity index (χ3v) is 20.0. The summed E-state index contributed by atoms with van der Waals surface area (Å²) in [6.07, 6.45) is 4.51. The van der Waals surface area contributed by atoms with Gasteiger partial charge in [-0.3, -0.25) is 0 Å². The van der Waals surface area contributed by atoms with E-state index in [4.69, 9.17) is 0 Å². The van der Waals surface area contributed by atoms with Crippen LogP contribution in [0.1, 0.15) is 11.1 Å². The fraction of sp³-hybridized carbons (Fsp3) is 0. The van der Waals surface area contributed by atoms with E-state index in [2.05, 4.69) is 266 Å². The minimum Gasteiger partial charge on any atom is -0.310 e. The molecule has 0 unspecified atom stereocenters. The summed E-state index contributed by atoms with van der Waals surface area (Å²) in [7, 11) is -2.57. The lowest BCUT2D eigenvalue weighted by molar-refractivity contribution is 1.29. The summed E-state index contributed by atoms with van der Waals surface area (Å²) in [5.74, 6) is 0. The Bertz CT molecular complexity index is 3540. The molecule has 0 fully saturated rings. The van der Waals surface area contributed by atoms with E-state index in [9.17, 15) is 0 Å². The predicted molar refractivity (Wildman–Crippen MR) is 291 cm³/mol. The standard InChI is InChI=1S/C62H43NS2Si/c1-6-16-48(17-7-1)63(49-18-8-2-9-19-49)50-33-39-58-56-37-29-45(41-60(56)65-62(58)43-50)27-26-44-28-36-55-57-38-32-47(42-61(57)64-59(55)40-44)46-30-34-54(35-31-46)66(51-20-10-3-11-21-51,52-22-12-4-13-23-52)53-24-14-5-15-25-53/h1-43H/b27-26+. The molecule has 0 bridgehead atoms. The van der Waals surface area contributed by atoms with Gasteiger partial charge >= 0.3 is 0 Å². The first-order valence-electron chi connectivity index (χ1n) is 22.5. The maximum atomic E-state index is 2.39. The molecule has 0 spiro atoms. The van der Waals surface area contributed by atoms with E-state index in [0.29, 0.717) is 0 Å². The molecule has 0 aliphatic rings. The zero-order valence-corrected chi connectivity index (χ0v) is 38.7. The van der Waals surface area contributed by atoms with Crippen LogP contribution >= 0.6 is 22.7 Å². The average Bonchev–Trinajstić information content (AvgIpc) is 3.94. The van der Waals surface area contributed by atoms with E-state index in [1.54, 1.807) is 0 Å². The molecule has 12 rings (SSSR count). The van der Waals surface area contributed by atoms with Gasteiger partial charge in [-0.1, -0.05) is 206 Å². The number of para-hydroxylation sites is 2. The average molecular weight is 894 g/mol. The zero-order valence-electron chi connectivity index (χ0n) is 36.1. The molecule has 0 atom stereocenters. The number of rotatable bonds is 10. The van der Waals surface area contributed by atoms with E-state index in [1.807, 2.05) is 22.7 Å². The number of anilines is 3. The van der Waals surface area contributed by atoms with E-state index in [-0.39, 0.29) is 0 Å². The van der Waals surface area contributed by atoms with Crippen LogP contribution in [0.4, 0.5) is 17.1 Å². The largest absolute Gasteiger partial charge is 0.310 e. The molecule has 4 heteroatoms. The van der Waals surface area contributed by atoms with Crippen molar-refractivity contribution in [2.75, 3.05) is 4.90 Å². The molecule has 0 aliphatic carbocycles. The van der Waals surface area contributed by atoms with Gasteiger partial charge in [-0.15, -0.1) is 22.7 Å². The molecule has 66 heavy (non-hydrogen) atoms. The highest BCUT2D eigenvalue weighted by Gasteiger charge is 2.41. The lowest BCUT2D eigenvalue weighted by Gasteiger charge is -2.34. The van der Waals surface area contributed by atoms with E-state index in [0.717, 1.165) is 17.1 Å². The van der Waals surface area contributed by atoms with Crippen molar-refractivity contribution in [3.05, 3.63) is 260 Å². The van der Waals surface area contributed by atoms with Crippen molar-refractivity contribution in [3.63, 3.8) is 0 Å². The molecular formula is C62H43NS2Si. The van der Waals surface area contributed by atoms with Gasteiger partial charge in [0.05, 0.1) is 0 Å². The van der Waals surface area contributed by atoms with Gasteiger partial charge in [-0.05, 0) is 97.6 Å². The molecule has 0 radical (unpaired) electrons. The van der Waals surface area contributed by atoms with E-state index < -0.39 is 8.07 Å². The van der Waals surface area contributed by atoms with Crippen LogP contribution in [0.2, 0.25) is 0 Å². The van der Waals surface area contributed by atoms with Gasteiger partial charge in [0.1, 0.15) is 0 Å². The lowest BCUT2D eigenvalue weighted by Crippen LogP contribution is -2.74. The van der Waals surface area contributed by atoms with Gasteiger partial charge < -0.3 is 4.90 Å². The SMILES string of the molecule is C(=C\c1ccc2c(c1)sc1cc(N(c3ccccc3)c3ccccc3)ccc12)/c1ccc2c(c1)sc1cc(-c3ccc([Si](c4ccccc4)(c4ccccc4)c4ccccc4)cc3)ccc12. The minimum atomic E-state index is -2.57. The van der Waals surface area contributed by atoms with E-state index >= 15 is 0 Å². The Morgan fingerprint density at radius 3 is 1.12 bits per heavy atom. The smallest absolute Gasteiger partial charge is 0.179 e. The number of nitrogens with zero attached hydrogens (tertiary/aromatic N) is 1. The third kappa shape index (κ3) is 7.17. The zero-order chi connectivity index (χ0) is 43.9. The molecule has 1 nitrogen and oxygen atoms in total. The topological polar surface area (TPSA) is 3.24 Å². The Labute approximate surface area is 394 Å². The monoisotopic (exact) mass is 893 g/mol. The second-order valence-corrected chi connectivity index (χ2v) is 22.8. The Hall–Kier alpha value is -7.60. The molecule has 2 heterocycles. The van der Waals surface area contributed by atoms with Crippen LogP contribution in [0.15, 0.2) is 249 Å². The molecule has 312 valence electrons. The molecule has 2 aromatic heterocycles. The van der Waals surface area contributed by atoms with Crippen LogP contribution < -0.4 is 25.6 Å². The molecule has 0 amide bonds. The molecule has 0 aliphatic heterocycles. The molecule has 0 saturated carbocycles. The molecular weight excluding hydrogens is 851 g/mol. The van der Waals surface area contributed by atoms with Gasteiger partial charge in [-0.2, -0.15) is 0 Å². The Kier molecular flexibility index (Phi) is 10.3. The highest BCUT2D eigenvalue weighted by Crippen LogP contribution is 2.41. The van der Waals surface area contributed by atoms with Crippen molar-refractivity contribution in [1.82, 2.24) is 0 Å². The normalized spacial score (nSPS) is 11.9. The summed E-state index contributed by atoms with van der Waals surface area (Å²) in [4.78, 5) is 2.33. The number of hydrogen-bond acceptors (Lipinski definition) is 3. The quantitative estimate of drug-likeness (QED) is 0.0751. The van der Waals surface area contributed by atoms with Crippen LogP contribution in [0.3, 0.4) is 0 Å².